The van der Waals surface area contributed by atoms with Crippen LogP contribution >= 0.6 is 23.2 Å². The first kappa shape index (κ1) is 28.7. The molecule has 4 rings (SSSR count). The Kier molecular flexibility index (Phi) is 8.13. The highest BCUT2D eigenvalue weighted by Gasteiger charge is 2.47. The summed E-state index contributed by atoms with van der Waals surface area (Å²) in [7, 11) is -8.37. The number of rotatable bonds is 8. The highest BCUT2D eigenvalue weighted by atomic mass is 35.5. The molecule has 0 spiro atoms. The number of nitrogens with zero attached hydrogens (tertiary/aromatic N) is 3. The fraction of sp³-hybridized carbons (Fsp3) is 0.160. The van der Waals surface area contributed by atoms with Crippen LogP contribution in [0, 0.1) is 11.3 Å². The number of sulfonamides is 2. The van der Waals surface area contributed by atoms with E-state index in [1.807, 2.05) is 6.07 Å². The summed E-state index contributed by atoms with van der Waals surface area (Å²) in [6, 6.07) is 15.7. The Balaban J connectivity index is 1.71. The van der Waals surface area contributed by atoms with Crippen molar-refractivity contribution >= 4 is 60.8 Å². The van der Waals surface area contributed by atoms with Crippen LogP contribution in [0.5, 0.6) is 0 Å². The molecular weight excluding hydrogens is 587 g/mol. The zero-order chi connectivity index (χ0) is 28.5. The number of imide groups is 1. The van der Waals surface area contributed by atoms with Crippen molar-refractivity contribution in [2.75, 3.05) is 11.4 Å². The molecule has 202 valence electrons. The van der Waals surface area contributed by atoms with Gasteiger partial charge >= 0.3 is 0 Å². The van der Waals surface area contributed by atoms with Crippen LogP contribution in [0.4, 0.5) is 5.69 Å². The topological polar surface area (TPSA) is 159 Å². The molecule has 2 N–H and O–H groups in total. The van der Waals surface area contributed by atoms with Crippen LogP contribution in [0.15, 0.2) is 76.5 Å². The molecule has 1 atom stereocenters. The molecule has 1 aliphatic heterocycles. The van der Waals surface area contributed by atoms with Crippen LogP contribution in [0.3, 0.4) is 0 Å². The molecular formula is C25H20Cl2N4O6S2. The Bertz CT molecular complexity index is 1700. The van der Waals surface area contributed by atoms with Gasteiger partial charge in [-0.05, 0) is 66.6 Å². The molecule has 1 aliphatic rings. The molecule has 1 heterocycles. The van der Waals surface area contributed by atoms with Gasteiger partial charge in [0.15, 0.2) is 0 Å². The number of primary sulfonamides is 1. The van der Waals surface area contributed by atoms with E-state index in [0.29, 0.717) is 11.1 Å². The molecule has 0 bridgehead atoms. The maximum atomic E-state index is 13.8. The van der Waals surface area contributed by atoms with Crippen LogP contribution < -0.4 is 10.0 Å². The van der Waals surface area contributed by atoms with Crippen molar-refractivity contribution < 1.29 is 26.4 Å². The van der Waals surface area contributed by atoms with Crippen LogP contribution in [0.1, 0.15) is 17.5 Å². The van der Waals surface area contributed by atoms with E-state index in [0.717, 1.165) is 15.3 Å². The van der Waals surface area contributed by atoms with Gasteiger partial charge in [-0.15, -0.1) is 0 Å². The summed E-state index contributed by atoms with van der Waals surface area (Å²) in [5.41, 5.74) is 1.08. The van der Waals surface area contributed by atoms with Crippen LogP contribution in [0.2, 0.25) is 10.0 Å². The lowest BCUT2D eigenvalue weighted by Crippen LogP contribution is -2.46. The molecule has 0 aromatic heterocycles. The van der Waals surface area contributed by atoms with Gasteiger partial charge in [0.2, 0.25) is 26.0 Å². The average molecular weight is 607 g/mol. The van der Waals surface area contributed by atoms with E-state index < -0.39 is 44.3 Å². The lowest BCUT2D eigenvalue weighted by atomic mass is 10.1. The minimum atomic E-state index is -4.45. The van der Waals surface area contributed by atoms with Crippen LogP contribution in [-0.4, -0.2) is 45.5 Å². The normalized spacial score (nSPS) is 16.1. The Morgan fingerprint density at radius 3 is 2.21 bits per heavy atom. The van der Waals surface area contributed by atoms with Crippen molar-refractivity contribution in [3.05, 3.63) is 87.9 Å². The van der Waals surface area contributed by atoms with Gasteiger partial charge in [-0.3, -0.25) is 9.59 Å². The predicted molar refractivity (Wildman–Crippen MR) is 144 cm³/mol. The zero-order valence-corrected chi connectivity index (χ0v) is 23.1. The number of nitrogens with two attached hydrogens (primary N) is 1. The van der Waals surface area contributed by atoms with Gasteiger partial charge in [-0.2, -0.15) is 9.57 Å². The fourth-order valence-electron chi connectivity index (χ4n) is 4.13. The first-order chi connectivity index (χ1) is 18.3. The molecule has 0 aliphatic carbocycles. The van der Waals surface area contributed by atoms with Crippen molar-refractivity contribution in [2.24, 2.45) is 5.14 Å². The van der Waals surface area contributed by atoms with E-state index >= 15 is 0 Å². The minimum Gasteiger partial charge on any atom is -0.274 e. The van der Waals surface area contributed by atoms with Gasteiger partial charge < -0.3 is 0 Å². The maximum absolute atomic E-state index is 13.8. The molecule has 39 heavy (non-hydrogen) atoms. The van der Waals surface area contributed by atoms with Gasteiger partial charge in [0, 0.05) is 11.6 Å². The minimum absolute atomic E-state index is 0.0666. The lowest BCUT2D eigenvalue weighted by molar-refractivity contribution is -0.122. The molecule has 0 saturated carbocycles. The van der Waals surface area contributed by atoms with Crippen molar-refractivity contribution in [1.29, 1.82) is 5.26 Å². The van der Waals surface area contributed by atoms with E-state index in [2.05, 4.69) is 0 Å². The van der Waals surface area contributed by atoms with Gasteiger partial charge in [0.25, 0.3) is 5.91 Å². The van der Waals surface area contributed by atoms with Crippen molar-refractivity contribution in [3.8, 4) is 6.07 Å². The number of carbonyl (C=O) groups excluding carboxylic acids is 2. The van der Waals surface area contributed by atoms with Gasteiger partial charge in [-0.25, -0.2) is 26.9 Å². The molecule has 1 saturated heterocycles. The number of halogens is 2. The van der Waals surface area contributed by atoms with Gasteiger partial charge in [-0.1, -0.05) is 35.3 Å². The summed E-state index contributed by atoms with van der Waals surface area (Å²) < 4.78 is 51.7. The number of carbonyl (C=O) groups is 2. The van der Waals surface area contributed by atoms with Crippen molar-refractivity contribution in [1.82, 2.24) is 4.31 Å². The Hall–Kier alpha value is -3.31. The number of benzene rings is 3. The zero-order valence-electron chi connectivity index (χ0n) is 20.0. The third kappa shape index (κ3) is 5.99. The highest BCUT2D eigenvalue weighted by molar-refractivity contribution is 7.89. The van der Waals surface area contributed by atoms with Gasteiger partial charge in [0.1, 0.15) is 10.9 Å². The molecule has 10 nitrogen and oxygen atoms in total. The summed E-state index contributed by atoms with van der Waals surface area (Å²) in [6.07, 6.45) is -0.363. The lowest BCUT2D eigenvalue weighted by Gasteiger charge is -2.27. The van der Waals surface area contributed by atoms with Crippen molar-refractivity contribution in [2.45, 2.75) is 28.7 Å². The van der Waals surface area contributed by atoms with Crippen LogP contribution in [0.25, 0.3) is 0 Å². The van der Waals surface area contributed by atoms with Crippen molar-refractivity contribution in [3.63, 3.8) is 0 Å². The second-order valence-corrected chi connectivity index (χ2v) is 12.8. The number of anilines is 1. The molecule has 0 radical (unpaired) electrons. The molecule has 3 aromatic carbocycles. The molecule has 3 aromatic rings. The molecule has 2 amide bonds. The summed E-state index contributed by atoms with van der Waals surface area (Å²) in [5.74, 6) is -1.39. The second kappa shape index (κ2) is 11.1. The maximum Gasteiger partial charge on any atom is 0.252 e. The number of hydrogen-bond donors (Lipinski definition) is 1. The smallest absolute Gasteiger partial charge is 0.252 e. The van der Waals surface area contributed by atoms with E-state index in [4.69, 9.17) is 33.6 Å². The second-order valence-electron chi connectivity index (χ2n) is 8.58. The Morgan fingerprint density at radius 1 is 0.974 bits per heavy atom. The summed E-state index contributed by atoms with van der Waals surface area (Å²) in [4.78, 5) is 26.9. The summed E-state index contributed by atoms with van der Waals surface area (Å²) >= 11 is 12.2. The average Bonchev–Trinajstić information content (AvgIpc) is 3.18. The van der Waals surface area contributed by atoms with E-state index in [1.165, 1.54) is 60.7 Å². The summed E-state index contributed by atoms with van der Waals surface area (Å²) in [6.45, 7) is -0.245. The Morgan fingerprint density at radius 2 is 1.62 bits per heavy atom. The first-order valence-corrected chi connectivity index (χ1v) is 15.0. The third-order valence-electron chi connectivity index (χ3n) is 6.08. The highest BCUT2D eigenvalue weighted by Crippen LogP contribution is 2.33. The molecule has 1 fully saturated rings. The van der Waals surface area contributed by atoms with Gasteiger partial charge in [0.05, 0.1) is 33.7 Å². The SMILES string of the molecule is N#Cc1ccc(N2C(=O)CC(N(CCc3ccc(S(N)(=O)=O)cc3)S(=O)(=O)c3cc(Cl)ccc3Cl)C2=O)cc1. The summed E-state index contributed by atoms with van der Waals surface area (Å²) in [5, 5.41) is 14.1. The standard InChI is InChI=1S/C25H20Cl2N4O6S2/c26-18-5-10-21(27)23(13-18)39(36,37)30(12-11-16-3-8-20(9-4-16)38(29,34)35)22-14-24(32)31(25(22)33)19-6-1-17(15-28)2-7-19/h1-10,13,22H,11-12,14H2,(H2,29,34,35). The predicted octanol–water partition coefficient (Wildman–Crippen LogP) is 3.08. The Labute approximate surface area is 235 Å². The number of nitriles is 1. The third-order valence-corrected chi connectivity index (χ3v) is 9.63. The molecule has 14 heteroatoms. The van der Waals surface area contributed by atoms with E-state index in [-0.39, 0.29) is 38.5 Å². The molecule has 1 unspecified atom stereocenters. The largest absolute Gasteiger partial charge is 0.274 e. The fourth-order valence-corrected chi connectivity index (χ4v) is 6.96. The van der Waals surface area contributed by atoms with E-state index in [1.54, 1.807) is 0 Å². The monoisotopic (exact) mass is 606 g/mol. The first-order valence-electron chi connectivity index (χ1n) is 11.3. The quantitative estimate of drug-likeness (QED) is 0.386. The number of hydrogen-bond acceptors (Lipinski definition) is 7. The number of amides is 2. The van der Waals surface area contributed by atoms with E-state index in [9.17, 15) is 26.4 Å². The van der Waals surface area contributed by atoms with Crippen LogP contribution in [-0.2, 0) is 36.1 Å².